The van der Waals surface area contributed by atoms with Crippen molar-refractivity contribution in [1.82, 2.24) is 9.88 Å². The zero-order chi connectivity index (χ0) is 17.2. The molecule has 1 saturated heterocycles. The Morgan fingerprint density at radius 3 is 2.30 bits per heavy atom. The summed E-state index contributed by atoms with van der Waals surface area (Å²) in [6, 6.07) is 2.79. The van der Waals surface area contributed by atoms with E-state index in [1.165, 1.54) is 11.3 Å². The zero-order valence-electron chi connectivity index (χ0n) is 16.0. The van der Waals surface area contributed by atoms with Crippen LogP contribution in [0.4, 0.5) is 5.69 Å². The summed E-state index contributed by atoms with van der Waals surface area (Å²) >= 11 is 0. The van der Waals surface area contributed by atoms with Gasteiger partial charge >= 0.3 is 0 Å². The number of aromatic nitrogens is 1. The first-order chi connectivity index (χ1) is 10.5. The Labute approximate surface area is 141 Å². The van der Waals surface area contributed by atoms with E-state index in [1.807, 2.05) is 12.4 Å². The van der Waals surface area contributed by atoms with Crippen LogP contribution in [0.25, 0.3) is 0 Å². The normalized spacial score (nSPS) is 31.2. The molecule has 1 aromatic heterocycles. The largest absolute Gasteiger partial charge is 0.368 e. The van der Waals surface area contributed by atoms with Crippen LogP contribution < -0.4 is 5.32 Å². The predicted molar refractivity (Wildman–Crippen MR) is 97.6 cm³/mol. The van der Waals surface area contributed by atoms with E-state index in [9.17, 15) is 0 Å². The van der Waals surface area contributed by atoms with Gasteiger partial charge in [-0.2, -0.15) is 0 Å². The van der Waals surface area contributed by atoms with Gasteiger partial charge in [0.05, 0.1) is 18.1 Å². The summed E-state index contributed by atoms with van der Waals surface area (Å²) in [4.78, 5) is 7.08. The minimum absolute atomic E-state index is 0.132. The summed E-state index contributed by atoms with van der Waals surface area (Å²) < 4.78 is 0. The fourth-order valence-corrected chi connectivity index (χ4v) is 5.06. The number of rotatable bonds is 1. The molecule has 2 aliphatic heterocycles. The van der Waals surface area contributed by atoms with Gasteiger partial charge in [-0.25, -0.2) is 0 Å². The van der Waals surface area contributed by atoms with Crippen LogP contribution in [0.3, 0.4) is 0 Å². The minimum Gasteiger partial charge on any atom is -0.368 e. The number of nitrogens with one attached hydrogen (secondary N) is 1. The van der Waals surface area contributed by atoms with E-state index < -0.39 is 0 Å². The molecule has 4 atom stereocenters. The fraction of sp³-hybridized carbons (Fsp3) is 0.750. The van der Waals surface area contributed by atoms with E-state index in [-0.39, 0.29) is 11.0 Å². The monoisotopic (exact) mass is 315 g/mol. The number of hydrogen-bond donors (Lipinski definition) is 1. The number of hydrogen-bond acceptors (Lipinski definition) is 3. The summed E-state index contributed by atoms with van der Waals surface area (Å²) in [5, 5.41) is 3.80. The molecule has 1 fully saturated rings. The summed E-state index contributed by atoms with van der Waals surface area (Å²) in [5.74, 6) is 1.85. The highest BCUT2D eigenvalue weighted by Crippen LogP contribution is 2.57. The van der Waals surface area contributed by atoms with Crippen LogP contribution in [-0.4, -0.2) is 27.6 Å². The minimum atomic E-state index is 0.132. The lowest BCUT2D eigenvalue weighted by molar-refractivity contribution is 0.0123. The van der Waals surface area contributed by atoms with Crippen molar-refractivity contribution in [2.45, 2.75) is 79.1 Å². The molecule has 0 saturated carbocycles. The van der Waals surface area contributed by atoms with Crippen LogP contribution in [0.5, 0.6) is 0 Å². The molecule has 2 aliphatic rings. The first kappa shape index (κ1) is 16.8. The Kier molecular flexibility index (Phi) is 3.79. The first-order valence-corrected chi connectivity index (χ1v) is 9.02. The SMILES string of the molecule is CC(C)C1C2c3ccncc3NC2N(C(C)(C)C)C1C(C)(C)C. The smallest absolute Gasteiger partial charge is 0.0874 e. The fourth-order valence-electron chi connectivity index (χ4n) is 5.06. The van der Waals surface area contributed by atoms with Gasteiger partial charge in [-0.05, 0) is 49.7 Å². The molecular weight excluding hydrogens is 282 g/mol. The van der Waals surface area contributed by atoms with Crippen LogP contribution in [0.1, 0.15) is 66.9 Å². The van der Waals surface area contributed by atoms with E-state index in [0.29, 0.717) is 30.0 Å². The standard InChI is InChI=1S/C20H33N3/c1-12(2)15-16-13-9-10-21-11-14(13)22-18(16)23(20(6,7)8)17(15)19(3,4)5/h9-12,15-18,22H,1-8H3. The second-order valence-corrected chi connectivity index (χ2v) is 9.79. The van der Waals surface area contributed by atoms with E-state index in [0.717, 1.165) is 0 Å². The molecule has 128 valence electrons. The lowest BCUT2D eigenvalue weighted by Gasteiger charge is -2.47. The van der Waals surface area contributed by atoms with Gasteiger partial charge in [-0.3, -0.25) is 9.88 Å². The molecule has 3 heteroatoms. The van der Waals surface area contributed by atoms with Gasteiger partial charge in [-0.15, -0.1) is 0 Å². The molecule has 3 heterocycles. The molecule has 0 radical (unpaired) electrons. The third-order valence-electron chi connectivity index (χ3n) is 5.67. The maximum absolute atomic E-state index is 4.33. The van der Waals surface area contributed by atoms with Crippen molar-refractivity contribution in [1.29, 1.82) is 0 Å². The second kappa shape index (κ2) is 5.20. The maximum Gasteiger partial charge on any atom is 0.0874 e. The van der Waals surface area contributed by atoms with Crippen LogP contribution in [0.2, 0.25) is 0 Å². The third kappa shape index (κ3) is 2.57. The van der Waals surface area contributed by atoms with Gasteiger partial charge < -0.3 is 5.32 Å². The number of anilines is 1. The number of likely N-dealkylation sites (tertiary alicyclic amines) is 1. The van der Waals surface area contributed by atoms with Gasteiger partial charge in [0.25, 0.3) is 0 Å². The highest BCUT2D eigenvalue weighted by Gasteiger charge is 2.59. The van der Waals surface area contributed by atoms with Gasteiger partial charge in [-0.1, -0.05) is 34.6 Å². The lowest BCUT2D eigenvalue weighted by atomic mass is 9.70. The predicted octanol–water partition coefficient (Wildman–Crippen LogP) is 4.72. The van der Waals surface area contributed by atoms with Crippen LogP contribution in [0, 0.1) is 17.3 Å². The lowest BCUT2D eigenvalue weighted by Crippen LogP contribution is -2.56. The van der Waals surface area contributed by atoms with Crippen molar-refractivity contribution in [2.75, 3.05) is 5.32 Å². The first-order valence-electron chi connectivity index (χ1n) is 9.02. The van der Waals surface area contributed by atoms with Crippen molar-refractivity contribution in [3.63, 3.8) is 0 Å². The Hall–Kier alpha value is -1.09. The van der Waals surface area contributed by atoms with Crippen molar-refractivity contribution in [3.8, 4) is 0 Å². The maximum atomic E-state index is 4.33. The summed E-state index contributed by atoms with van der Waals surface area (Å²) in [5.41, 5.74) is 3.08. The molecule has 0 spiro atoms. The molecule has 4 unspecified atom stereocenters. The number of fused-ring (bicyclic) bond motifs is 3. The second-order valence-electron chi connectivity index (χ2n) is 9.79. The van der Waals surface area contributed by atoms with E-state index in [4.69, 9.17) is 0 Å². The highest BCUT2D eigenvalue weighted by atomic mass is 15.4. The van der Waals surface area contributed by atoms with Crippen molar-refractivity contribution in [2.24, 2.45) is 17.3 Å². The molecule has 0 amide bonds. The molecule has 1 N–H and O–H groups in total. The third-order valence-corrected chi connectivity index (χ3v) is 5.67. The number of nitrogens with zero attached hydrogens (tertiary/aromatic N) is 2. The van der Waals surface area contributed by atoms with Crippen LogP contribution in [0.15, 0.2) is 18.5 Å². The Morgan fingerprint density at radius 1 is 1.13 bits per heavy atom. The Bertz CT molecular complexity index is 579. The van der Waals surface area contributed by atoms with Crippen molar-refractivity contribution in [3.05, 3.63) is 24.0 Å². The van der Waals surface area contributed by atoms with Gasteiger partial charge in [0.2, 0.25) is 0 Å². The summed E-state index contributed by atoms with van der Waals surface area (Å²) in [6.45, 7) is 19.1. The van der Waals surface area contributed by atoms with E-state index in [2.05, 4.69) is 76.7 Å². The quantitative estimate of drug-likeness (QED) is 0.813. The van der Waals surface area contributed by atoms with E-state index >= 15 is 0 Å². The highest BCUT2D eigenvalue weighted by molar-refractivity contribution is 5.59. The molecule has 3 rings (SSSR count). The molecule has 3 nitrogen and oxygen atoms in total. The molecule has 0 bridgehead atoms. The molecule has 0 aliphatic carbocycles. The van der Waals surface area contributed by atoms with Crippen LogP contribution in [-0.2, 0) is 0 Å². The van der Waals surface area contributed by atoms with Gasteiger partial charge in [0.1, 0.15) is 0 Å². The zero-order valence-corrected chi connectivity index (χ0v) is 16.0. The van der Waals surface area contributed by atoms with Crippen molar-refractivity contribution < 1.29 is 0 Å². The Balaban J connectivity index is 2.16. The van der Waals surface area contributed by atoms with Gasteiger partial charge in [0, 0.05) is 23.7 Å². The average Bonchev–Trinajstić information content (AvgIpc) is 2.89. The van der Waals surface area contributed by atoms with Crippen LogP contribution >= 0.6 is 0 Å². The van der Waals surface area contributed by atoms with E-state index in [1.54, 1.807) is 0 Å². The molecular formula is C20H33N3. The van der Waals surface area contributed by atoms with Crippen molar-refractivity contribution >= 4 is 5.69 Å². The topological polar surface area (TPSA) is 28.2 Å². The average molecular weight is 316 g/mol. The Morgan fingerprint density at radius 2 is 1.78 bits per heavy atom. The molecule has 0 aromatic carbocycles. The van der Waals surface area contributed by atoms with Gasteiger partial charge in [0.15, 0.2) is 0 Å². The number of pyridine rings is 1. The summed E-state index contributed by atoms with van der Waals surface area (Å²) in [7, 11) is 0. The summed E-state index contributed by atoms with van der Waals surface area (Å²) in [6.07, 6.45) is 4.33. The molecule has 1 aromatic rings. The molecule has 23 heavy (non-hydrogen) atoms.